The minimum absolute atomic E-state index is 0.0261. The number of hydrogen-bond donors (Lipinski definition) is 0. The third-order valence-corrected chi connectivity index (χ3v) is 4.22. The van der Waals surface area contributed by atoms with Crippen LogP contribution in [0.2, 0.25) is 0 Å². The lowest BCUT2D eigenvalue weighted by Crippen LogP contribution is -2.50. The van der Waals surface area contributed by atoms with Crippen LogP contribution in [0.5, 0.6) is 0 Å². The number of carbonyl (C=O) groups excluding carboxylic acids is 2. The van der Waals surface area contributed by atoms with E-state index in [-0.39, 0.29) is 18.6 Å². The molecule has 0 radical (unpaired) electrons. The largest absolute Gasteiger partial charge is 0.445 e. The molecule has 2 heterocycles. The maximum atomic E-state index is 12.3. The average Bonchev–Trinajstić information content (AvgIpc) is 3.10. The smallest absolute Gasteiger partial charge is 0.410 e. The monoisotopic (exact) mass is 358 g/mol. The fraction of sp³-hybridized carbons (Fsp3) is 0.444. The SMILES string of the molecule is Cc1nnc(CCC(=O)N2CCN(C(=O)OCc3ccccc3)CC2)o1. The second-order valence-corrected chi connectivity index (χ2v) is 6.12. The van der Waals surface area contributed by atoms with E-state index in [2.05, 4.69) is 10.2 Å². The van der Waals surface area contributed by atoms with Crippen molar-refractivity contribution in [2.75, 3.05) is 26.2 Å². The highest BCUT2D eigenvalue weighted by Gasteiger charge is 2.25. The van der Waals surface area contributed by atoms with E-state index < -0.39 is 0 Å². The van der Waals surface area contributed by atoms with Gasteiger partial charge in [-0.15, -0.1) is 10.2 Å². The highest BCUT2D eigenvalue weighted by atomic mass is 16.6. The molecule has 0 saturated carbocycles. The summed E-state index contributed by atoms with van der Waals surface area (Å²) in [6.07, 6.45) is 0.404. The van der Waals surface area contributed by atoms with E-state index in [9.17, 15) is 9.59 Å². The third-order valence-electron chi connectivity index (χ3n) is 4.22. The first-order valence-corrected chi connectivity index (χ1v) is 8.64. The normalized spacial score (nSPS) is 14.3. The van der Waals surface area contributed by atoms with Gasteiger partial charge in [-0.1, -0.05) is 30.3 Å². The van der Waals surface area contributed by atoms with Gasteiger partial charge in [-0.2, -0.15) is 0 Å². The van der Waals surface area contributed by atoms with Crippen molar-refractivity contribution >= 4 is 12.0 Å². The van der Waals surface area contributed by atoms with Gasteiger partial charge in [0.2, 0.25) is 17.7 Å². The van der Waals surface area contributed by atoms with Crippen LogP contribution in [0.4, 0.5) is 4.79 Å². The summed E-state index contributed by atoms with van der Waals surface area (Å²) in [4.78, 5) is 27.8. The van der Waals surface area contributed by atoms with Gasteiger partial charge in [0.25, 0.3) is 0 Å². The number of ether oxygens (including phenoxy) is 1. The first-order chi connectivity index (χ1) is 12.6. The van der Waals surface area contributed by atoms with Gasteiger partial charge in [0.15, 0.2) is 0 Å². The Kier molecular flexibility index (Phi) is 5.83. The molecule has 0 unspecified atom stereocenters. The van der Waals surface area contributed by atoms with Crippen LogP contribution in [0.3, 0.4) is 0 Å². The Morgan fingerprint density at radius 1 is 1.08 bits per heavy atom. The van der Waals surface area contributed by atoms with Crippen molar-refractivity contribution in [1.82, 2.24) is 20.0 Å². The molecular formula is C18H22N4O4. The molecule has 138 valence electrons. The van der Waals surface area contributed by atoms with Crippen molar-refractivity contribution < 1.29 is 18.7 Å². The highest BCUT2D eigenvalue weighted by Crippen LogP contribution is 2.09. The van der Waals surface area contributed by atoms with Crippen molar-refractivity contribution in [3.8, 4) is 0 Å². The fourth-order valence-electron chi connectivity index (χ4n) is 2.76. The van der Waals surface area contributed by atoms with Gasteiger partial charge >= 0.3 is 6.09 Å². The number of hydrogen-bond acceptors (Lipinski definition) is 6. The number of aryl methyl sites for hydroxylation is 2. The van der Waals surface area contributed by atoms with Crippen LogP contribution in [0.1, 0.15) is 23.8 Å². The number of amides is 2. The van der Waals surface area contributed by atoms with E-state index in [1.54, 1.807) is 16.7 Å². The number of nitrogens with zero attached hydrogens (tertiary/aromatic N) is 4. The van der Waals surface area contributed by atoms with Crippen LogP contribution in [0, 0.1) is 6.92 Å². The molecule has 1 aromatic heterocycles. The van der Waals surface area contributed by atoms with Crippen LogP contribution < -0.4 is 0 Å². The molecule has 1 saturated heterocycles. The number of aromatic nitrogens is 2. The zero-order valence-electron chi connectivity index (χ0n) is 14.8. The van der Waals surface area contributed by atoms with Crippen LogP contribution in [0.15, 0.2) is 34.7 Å². The molecule has 8 nitrogen and oxygen atoms in total. The molecule has 1 aliphatic heterocycles. The maximum Gasteiger partial charge on any atom is 0.410 e. The first kappa shape index (κ1) is 17.9. The summed E-state index contributed by atoms with van der Waals surface area (Å²) in [7, 11) is 0. The molecule has 26 heavy (non-hydrogen) atoms. The van der Waals surface area contributed by atoms with Crippen LogP contribution >= 0.6 is 0 Å². The van der Waals surface area contributed by atoms with E-state index in [4.69, 9.17) is 9.15 Å². The topological polar surface area (TPSA) is 88.8 Å². The molecule has 1 fully saturated rings. The molecule has 2 amide bonds. The van der Waals surface area contributed by atoms with Crippen molar-refractivity contribution in [3.63, 3.8) is 0 Å². The number of piperazine rings is 1. The summed E-state index contributed by atoms with van der Waals surface area (Å²) in [5, 5.41) is 7.63. The van der Waals surface area contributed by atoms with E-state index in [1.807, 2.05) is 30.3 Å². The molecule has 8 heteroatoms. The lowest BCUT2D eigenvalue weighted by atomic mass is 10.2. The Labute approximate surface area is 151 Å². The summed E-state index contributed by atoms with van der Waals surface area (Å²) >= 11 is 0. The van der Waals surface area contributed by atoms with Gasteiger partial charge in [0, 0.05) is 45.9 Å². The molecular weight excluding hydrogens is 336 g/mol. The standard InChI is InChI=1S/C18H22N4O4/c1-14-19-20-16(26-14)7-8-17(23)21-9-11-22(12-10-21)18(24)25-13-15-5-3-2-4-6-15/h2-6H,7-13H2,1H3. The van der Waals surface area contributed by atoms with Gasteiger partial charge in [-0.05, 0) is 5.56 Å². The summed E-state index contributed by atoms with van der Waals surface area (Å²) in [5.41, 5.74) is 0.950. The summed E-state index contributed by atoms with van der Waals surface area (Å²) < 4.78 is 10.6. The Balaban J connectivity index is 1.39. The Bertz CT molecular complexity index is 739. The van der Waals surface area contributed by atoms with Crippen molar-refractivity contribution in [3.05, 3.63) is 47.7 Å². The molecule has 1 aliphatic rings. The first-order valence-electron chi connectivity index (χ1n) is 8.64. The van der Waals surface area contributed by atoms with Crippen LogP contribution in [0.25, 0.3) is 0 Å². The zero-order valence-corrected chi connectivity index (χ0v) is 14.8. The highest BCUT2D eigenvalue weighted by molar-refractivity contribution is 5.77. The zero-order chi connectivity index (χ0) is 18.4. The van der Waals surface area contributed by atoms with E-state index in [1.165, 1.54) is 0 Å². The Morgan fingerprint density at radius 3 is 2.42 bits per heavy atom. The van der Waals surface area contributed by atoms with Crippen molar-refractivity contribution in [1.29, 1.82) is 0 Å². The maximum absolute atomic E-state index is 12.3. The predicted octanol–water partition coefficient (Wildman–Crippen LogP) is 1.79. The van der Waals surface area contributed by atoms with Crippen LogP contribution in [-0.2, 0) is 22.6 Å². The molecule has 0 N–H and O–H groups in total. The number of benzene rings is 1. The van der Waals surface area contributed by atoms with Gasteiger partial charge in [-0.3, -0.25) is 4.79 Å². The van der Waals surface area contributed by atoms with E-state index in [0.717, 1.165) is 5.56 Å². The third kappa shape index (κ3) is 4.81. The molecule has 0 spiro atoms. The molecule has 0 aliphatic carbocycles. The number of carbonyl (C=O) groups is 2. The van der Waals surface area contributed by atoms with Crippen LogP contribution in [-0.4, -0.2) is 58.2 Å². The van der Waals surface area contributed by atoms with Gasteiger partial charge in [0.1, 0.15) is 6.61 Å². The quantitative estimate of drug-likeness (QED) is 0.810. The number of rotatable bonds is 5. The summed E-state index contributed by atoms with van der Waals surface area (Å²) in [6.45, 7) is 3.92. The Morgan fingerprint density at radius 2 is 1.77 bits per heavy atom. The molecule has 1 aromatic carbocycles. The fourth-order valence-corrected chi connectivity index (χ4v) is 2.76. The second kappa shape index (κ2) is 8.46. The molecule has 0 atom stereocenters. The lowest BCUT2D eigenvalue weighted by molar-refractivity contribution is -0.132. The lowest BCUT2D eigenvalue weighted by Gasteiger charge is -2.34. The summed E-state index contributed by atoms with van der Waals surface area (Å²) in [6, 6.07) is 9.55. The van der Waals surface area contributed by atoms with Gasteiger partial charge in [-0.25, -0.2) is 4.79 Å². The molecule has 2 aromatic rings. The van der Waals surface area contributed by atoms with E-state index >= 15 is 0 Å². The molecule has 3 rings (SSSR count). The minimum atomic E-state index is -0.345. The van der Waals surface area contributed by atoms with Crippen molar-refractivity contribution in [2.45, 2.75) is 26.4 Å². The predicted molar refractivity (Wildman–Crippen MR) is 92.1 cm³/mol. The average molecular weight is 358 g/mol. The van der Waals surface area contributed by atoms with E-state index in [0.29, 0.717) is 50.8 Å². The van der Waals surface area contributed by atoms with Gasteiger partial charge < -0.3 is 19.0 Å². The second-order valence-electron chi connectivity index (χ2n) is 6.12. The Hall–Kier alpha value is -2.90. The minimum Gasteiger partial charge on any atom is -0.445 e. The van der Waals surface area contributed by atoms with Gasteiger partial charge in [0.05, 0.1) is 0 Å². The van der Waals surface area contributed by atoms with Crippen molar-refractivity contribution in [2.24, 2.45) is 0 Å². The summed E-state index contributed by atoms with van der Waals surface area (Å²) in [5.74, 6) is 0.993. The molecule has 0 bridgehead atoms.